The second kappa shape index (κ2) is 5.26. The SMILES string of the molecule is Cc1ccc(-c2noc(C3CSCC3O)n2)cc1Br. The van der Waals surface area contributed by atoms with Gasteiger partial charge in [0.05, 0.1) is 12.0 Å². The molecule has 0 bridgehead atoms. The van der Waals surface area contributed by atoms with E-state index in [0.717, 1.165) is 27.1 Å². The maximum atomic E-state index is 9.85. The molecule has 100 valence electrons. The molecule has 3 rings (SSSR count). The molecule has 2 aromatic rings. The number of hydrogen-bond acceptors (Lipinski definition) is 5. The molecule has 0 aliphatic carbocycles. The third-order valence-corrected chi connectivity index (χ3v) is 5.27. The lowest BCUT2D eigenvalue weighted by molar-refractivity contribution is 0.164. The molecule has 1 N–H and O–H groups in total. The van der Waals surface area contributed by atoms with Crippen molar-refractivity contribution in [1.29, 1.82) is 0 Å². The van der Waals surface area contributed by atoms with Crippen molar-refractivity contribution in [1.82, 2.24) is 10.1 Å². The Morgan fingerprint density at radius 2 is 2.26 bits per heavy atom. The minimum atomic E-state index is -0.386. The first kappa shape index (κ1) is 13.1. The van der Waals surface area contributed by atoms with Crippen molar-refractivity contribution in [3.05, 3.63) is 34.1 Å². The molecule has 1 aromatic carbocycles. The molecule has 0 saturated carbocycles. The van der Waals surface area contributed by atoms with E-state index in [9.17, 15) is 5.11 Å². The number of benzene rings is 1. The molecule has 1 aromatic heterocycles. The zero-order chi connectivity index (χ0) is 13.4. The van der Waals surface area contributed by atoms with Crippen molar-refractivity contribution in [3.8, 4) is 11.4 Å². The number of hydrogen-bond donors (Lipinski definition) is 1. The maximum Gasteiger partial charge on any atom is 0.233 e. The van der Waals surface area contributed by atoms with Crippen LogP contribution in [0.4, 0.5) is 0 Å². The highest BCUT2D eigenvalue weighted by Gasteiger charge is 2.32. The average Bonchev–Trinajstić information content (AvgIpc) is 3.01. The molecule has 0 amide bonds. The van der Waals surface area contributed by atoms with Crippen molar-refractivity contribution in [2.45, 2.75) is 18.9 Å². The fourth-order valence-electron chi connectivity index (χ4n) is 2.01. The number of thioether (sulfide) groups is 1. The molecule has 2 atom stereocenters. The quantitative estimate of drug-likeness (QED) is 0.910. The van der Waals surface area contributed by atoms with E-state index >= 15 is 0 Å². The standard InChI is InChI=1S/C13H13BrN2O2S/c1-7-2-3-8(4-10(7)14)12-15-13(18-16-12)9-5-19-6-11(9)17/h2-4,9,11,17H,5-6H2,1H3. The maximum absolute atomic E-state index is 9.85. The summed E-state index contributed by atoms with van der Waals surface area (Å²) in [6, 6.07) is 5.95. The highest BCUT2D eigenvalue weighted by Crippen LogP contribution is 2.33. The molecule has 2 unspecified atom stereocenters. The molecule has 1 fully saturated rings. The third-order valence-electron chi connectivity index (χ3n) is 3.24. The fraction of sp³-hybridized carbons (Fsp3) is 0.385. The predicted octanol–water partition coefficient (Wildman–Crippen LogP) is 3.00. The van der Waals surface area contributed by atoms with E-state index in [-0.39, 0.29) is 12.0 Å². The summed E-state index contributed by atoms with van der Waals surface area (Å²) in [6.45, 7) is 2.03. The zero-order valence-corrected chi connectivity index (χ0v) is 12.7. The van der Waals surface area contributed by atoms with Gasteiger partial charge in [-0.1, -0.05) is 33.2 Å². The van der Waals surface area contributed by atoms with Crippen LogP contribution in [0.5, 0.6) is 0 Å². The number of rotatable bonds is 2. The first-order valence-electron chi connectivity index (χ1n) is 6.01. The van der Waals surface area contributed by atoms with Crippen LogP contribution in [0.2, 0.25) is 0 Å². The topological polar surface area (TPSA) is 59.2 Å². The minimum absolute atomic E-state index is 0.0415. The van der Waals surface area contributed by atoms with Gasteiger partial charge in [-0.2, -0.15) is 16.7 Å². The monoisotopic (exact) mass is 340 g/mol. The first-order chi connectivity index (χ1) is 9.15. The van der Waals surface area contributed by atoms with Crippen molar-refractivity contribution < 1.29 is 9.63 Å². The van der Waals surface area contributed by atoms with Gasteiger partial charge in [-0.05, 0) is 18.6 Å². The lowest BCUT2D eigenvalue weighted by atomic mass is 10.1. The Bertz CT molecular complexity index is 602. The molecule has 19 heavy (non-hydrogen) atoms. The van der Waals surface area contributed by atoms with Crippen LogP contribution in [0.3, 0.4) is 0 Å². The Hall–Kier alpha value is -0.850. The first-order valence-corrected chi connectivity index (χ1v) is 7.96. The molecule has 6 heteroatoms. The van der Waals surface area contributed by atoms with Crippen LogP contribution >= 0.6 is 27.7 Å². The van der Waals surface area contributed by atoms with Crippen LogP contribution in [0, 0.1) is 6.92 Å². The smallest absolute Gasteiger partial charge is 0.233 e. The number of nitrogens with zero attached hydrogens (tertiary/aromatic N) is 2. The molecule has 4 nitrogen and oxygen atoms in total. The third kappa shape index (κ3) is 2.57. The van der Waals surface area contributed by atoms with Crippen LogP contribution in [0.15, 0.2) is 27.2 Å². The van der Waals surface area contributed by atoms with Crippen molar-refractivity contribution >= 4 is 27.7 Å². The average molecular weight is 341 g/mol. The van der Waals surface area contributed by atoms with Crippen LogP contribution in [0.25, 0.3) is 11.4 Å². The van der Waals surface area contributed by atoms with Crippen molar-refractivity contribution in [3.63, 3.8) is 0 Å². The summed E-state index contributed by atoms with van der Waals surface area (Å²) in [5.74, 6) is 2.63. The highest BCUT2D eigenvalue weighted by molar-refractivity contribution is 9.10. The van der Waals surface area contributed by atoms with E-state index in [0.29, 0.717) is 11.7 Å². The van der Waals surface area contributed by atoms with Crippen LogP contribution in [-0.2, 0) is 0 Å². The Morgan fingerprint density at radius 1 is 1.42 bits per heavy atom. The Labute approximate surface area is 123 Å². The Morgan fingerprint density at radius 3 is 2.95 bits per heavy atom. The van der Waals surface area contributed by atoms with Gasteiger partial charge >= 0.3 is 0 Å². The molecule has 0 spiro atoms. The van der Waals surface area contributed by atoms with E-state index in [2.05, 4.69) is 26.1 Å². The Balaban J connectivity index is 1.90. The number of aromatic nitrogens is 2. The van der Waals surface area contributed by atoms with Gasteiger partial charge in [-0.25, -0.2) is 0 Å². The molecule has 1 aliphatic heterocycles. The van der Waals surface area contributed by atoms with E-state index in [4.69, 9.17) is 4.52 Å². The second-order valence-electron chi connectivity index (χ2n) is 4.63. The summed E-state index contributed by atoms with van der Waals surface area (Å²) in [5, 5.41) is 13.9. The fourth-order valence-corrected chi connectivity index (χ4v) is 3.62. The predicted molar refractivity (Wildman–Crippen MR) is 78.2 cm³/mol. The second-order valence-corrected chi connectivity index (χ2v) is 6.56. The summed E-state index contributed by atoms with van der Waals surface area (Å²) < 4.78 is 6.31. The summed E-state index contributed by atoms with van der Waals surface area (Å²) in [6.07, 6.45) is -0.386. The Kier molecular flexibility index (Phi) is 3.64. The van der Waals surface area contributed by atoms with Crippen molar-refractivity contribution in [2.24, 2.45) is 0 Å². The van der Waals surface area contributed by atoms with Gasteiger partial charge < -0.3 is 9.63 Å². The number of aliphatic hydroxyl groups is 1. The van der Waals surface area contributed by atoms with E-state index in [1.54, 1.807) is 11.8 Å². The van der Waals surface area contributed by atoms with E-state index in [1.807, 2.05) is 25.1 Å². The minimum Gasteiger partial charge on any atom is -0.391 e. The number of aryl methyl sites for hydroxylation is 1. The lowest BCUT2D eigenvalue weighted by Crippen LogP contribution is -2.15. The highest BCUT2D eigenvalue weighted by atomic mass is 79.9. The number of halogens is 1. The molecule has 1 aliphatic rings. The largest absolute Gasteiger partial charge is 0.391 e. The van der Waals surface area contributed by atoms with Gasteiger partial charge in [0.2, 0.25) is 11.7 Å². The summed E-state index contributed by atoms with van der Waals surface area (Å²) in [4.78, 5) is 4.41. The van der Waals surface area contributed by atoms with Gasteiger partial charge in [0, 0.05) is 21.5 Å². The molecule has 2 heterocycles. The van der Waals surface area contributed by atoms with E-state index in [1.165, 1.54) is 0 Å². The van der Waals surface area contributed by atoms with Crippen LogP contribution in [0.1, 0.15) is 17.4 Å². The van der Waals surface area contributed by atoms with E-state index < -0.39 is 0 Å². The number of aliphatic hydroxyl groups excluding tert-OH is 1. The van der Waals surface area contributed by atoms with Gasteiger partial charge in [-0.3, -0.25) is 0 Å². The normalized spacial score (nSPS) is 22.9. The zero-order valence-electron chi connectivity index (χ0n) is 10.3. The summed E-state index contributed by atoms with van der Waals surface area (Å²) >= 11 is 5.21. The summed E-state index contributed by atoms with van der Waals surface area (Å²) in [7, 11) is 0. The van der Waals surface area contributed by atoms with Gasteiger partial charge in [0.25, 0.3) is 0 Å². The van der Waals surface area contributed by atoms with Gasteiger partial charge in [0.1, 0.15) is 0 Å². The van der Waals surface area contributed by atoms with Gasteiger partial charge in [0.15, 0.2) is 0 Å². The molecule has 0 radical (unpaired) electrons. The molecular weight excluding hydrogens is 328 g/mol. The van der Waals surface area contributed by atoms with Crippen LogP contribution < -0.4 is 0 Å². The van der Waals surface area contributed by atoms with Crippen molar-refractivity contribution in [2.75, 3.05) is 11.5 Å². The summed E-state index contributed by atoms with van der Waals surface area (Å²) in [5.41, 5.74) is 2.07. The van der Waals surface area contributed by atoms with Crippen LogP contribution in [-0.4, -0.2) is 32.9 Å². The molecular formula is C13H13BrN2O2S. The molecule has 1 saturated heterocycles. The van der Waals surface area contributed by atoms with Gasteiger partial charge in [-0.15, -0.1) is 0 Å². The lowest BCUT2D eigenvalue weighted by Gasteiger charge is -2.06.